The fourth-order valence-corrected chi connectivity index (χ4v) is 3.49. The quantitative estimate of drug-likeness (QED) is 0.872. The van der Waals surface area contributed by atoms with Gasteiger partial charge in [-0.15, -0.1) is 0 Å². The molecule has 0 bridgehead atoms. The van der Waals surface area contributed by atoms with Crippen molar-refractivity contribution >= 4 is 11.9 Å². The third-order valence-corrected chi connectivity index (χ3v) is 4.33. The van der Waals surface area contributed by atoms with Crippen molar-refractivity contribution < 1.29 is 14.7 Å². The molecule has 1 saturated carbocycles. The Morgan fingerprint density at radius 2 is 2.00 bits per heavy atom. The number of amides is 1. The Morgan fingerprint density at radius 3 is 2.68 bits per heavy atom. The van der Waals surface area contributed by atoms with E-state index in [1.54, 1.807) is 24.5 Å². The van der Waals surface area contributed by atoms with Crippen LogP contribution in [0, 0.1) is 11.8 Å². The summed E-state index contributed by atoms with van der Waals surface area (Å²) in [5.41, 5.74) is 0.515. The van der Waals surface area contributed by atoms with E-state index in [9.17, 15) is 14.7 Å². The molecule has 1 aromatic rings. The van der Waals surface area contributed by atoms with Crippen LogP contribution in [0.5, 0.6) is 0 Å². The van der Waals surface area contributed by atoms with Gasteiger partial charge in [0.15, 0.2) is 0 Å². The van der Waals surface area contributed by atoms with Crippen LogP contribution >= 0.6 is 0 Å². The number of carbonyl (C=O) groups is 2. The number of rotatable bonds is 2. The highest BCUT2D eigenvalue weighted by atomic mass is 16.4. The summed E-state index contributed by atoms with van der Waals surface area (Å²) < 4.78 is 0. The van der Waals surface area contributed by atoms with Gasteiger partial charge in [-0.3, -0.25) is 9.78 Å². The van der Waals surface area contributed by atoms with Crippen LogP contribution in [0.2, 0.25) is 0 Å². The van der Waals surface area contributed by atoms with E-state index in [2.05, 4.69) is 4.98 Å². The van der Waals surface area contributed by atoms with Crippen molar-refractivity contribution in [1.82, 2.24) is 9.88 Å². The number of fused-ring (bicyclic) bond motifs is 1. The molecule has 0 unspecified atom stereocenters. The number of aromatic nitrogens is 1. The lowest BCUT2D eigenvalue weighted by atomic mass is 9.94. The van der Waals surface area contributed by atoms with E-state index in [1.165, 1.54) is 4.90 Å². The average Bonchev–Trinajstić information content (AvgIpc) is 2.98. The molecule has 19 heavy (non-hydrogen) atoms. The smallest absolute Gasteiger partial charge is 0.326 e. The Kier molecular flexibility index (Phi) is 2.97. The summed E-state index contributed by atoms with van der Waals surface area (Å²) in [7, 11) is 0. The van der Waals surface area contributed by atoms with Crippen molar-refractivity contribution in [3.05, 3.63) is 30.1 Å². The number of carboxylic acids is 1. The van der Waals surface area contributed by atoms with Crippen LogP contribution < -0.4 is 0 Å². The molecule has 2 heterocycles. The zero-order valence-corrected chi connectivity index (χ0v) is 10.5. The molecule has 1 aliphatic heterocycles. The third-order valence-electron chi connectivity index (χ3n) is 4.33. The fourth-order valence-electron chi connectivity index (χ4n) is 3.49. The molecule has 1 aliphatic carbocycles. The fraction of sp³-hybridized carbons (Fsp3) is 0.500. The van der Waals surface area contributed by atoms with E-state index >= 15 is 0 Å². The summed E-state index contributed by atoms with van der Waals surface area (Å²) in [5.74, 6) is -0.587. The Balaban J connectivity index is 1.88. The maximum atomic E-state index is 12.4. The van der Waals surface area contributed by atoms with Crippen LogP contribution in [0.15, 0.2) is 24.5 Å². The normalized spacial score (nSPS) is 29.3. The monoisotopic (exact) mass is 260 g/mol. The van der Waals surface area contributed by atoms with Gasteiger partial charge < -0.3 is 10.0 Å². The summed E-state index contributed by atoms with van der Waals surface area (Å²) in [6.07, 6.45) is 6.15. The van der Waals surface area contributed by atoms with Crippen molar-refractivity contribution in [2.24, 2.45) is 11.8 Å². The highest BCUT2D eigenvalue weighted by molar-refractivity contribution is 5.97. The van der Waals surface area contributed by atoms with Crippen LogP contribution in [0.1, 0.15) is 29.6 Å². The first-order chi connectivity index (χ1) is 9.18. The number of likely N-dealkylation sites (tertiary alicyclic amines) is 1. The molecule has 1 N–H and O–H groups in total. The lowest BCUT2D eigenvalue weighted by Gasteiger charge is -2.24. The number of carbonyl (C=O) groups excluding carboxylic acids is 1. The first-order valence-corrected chi connectivity index (χ1v) is 6.62. The predicted octanol–water partition coefficient (Wildman–Crippen LogP) is 1.41. The van der Waals surface area contributed by atoms with E-state index < -0.39 is 12.0 Å². The Bertz CT molecular complexity index is 503. The van der Waals surface area contributed by atoms with Crippen molar-refractivity contribution in [1.29, 1.82) is 0 Å². The van der Waals surface area contributed by atoms with Crippen molar-refractivity contribution in [3.63, 3.8) is 0 Å². The number of nitrogens with zero attached hydrogens (tertiary/aromatic N) is 2. The van der Waals surface area contributed by atoms with E-state index in [0.717, 1.165) is 19.3 Å². The van der Waals surface area contributed by atoms with E-state index in [4.69, 9.17) is 0 Å². The average molecular weight is 260 g/mol. The standard InChI is InChI=1S/C14H16N2O3/c17-13(9-4-6-15-7-5-9)16-8-10-2-1-3-11(10)12(16)14(18)19/h4-7,10-12H,1-3,8H2,(H,18,19)/t10-,11+,12+/m1/s1. The molecule has 100 valence electrons. The number of hydrogen-bond donors (Lipinski definition) is 1. The first kappa shape index (κ1) is 12.1. The van der Waals surface area contributed by atoms with Crippen LogP contribution in [-0.4, -0.2) is 39.5 Å². The zero-order chi connectivity index (χ0) is 13.4. The molecule has 1 saturated heterocycles. The van der Waals surface area contributed by atoms with Crippen molar-refractivity contribution in [2.45, 2.75) is 25.3 Å². The summed E-state index contributed by atoms with van der Waals surface area (Å²) in [4.78, 5) is 29.3. The van der Waals surface area contributed by atoms with Crippen molar-refractivity contribution in [2.75, 3.05) is 6.54 Å². The van der Waals surface area contributed by atoms with Gasteiger partial charge in [-0.25, -0.2) is 4.79 Å². The molecule has 1 amide bonds. The topological polar surface area (TPSA) is 70.5 Å². The second kappa shape index (κ2) is 4.64. The molecule has 2 fully saturated rings. The molecule has 3 rings (SSSR count). The van der Waals surface area contributed by atoms with E-state index in [1.807, 2.05) is 0 Å². The largest absolute Gasteiger partial charge is 0.480 e. The maximum Gasteiger partial charge on any atom is 0.326 e. The highest BCUT2D eigenvalue weighted by Gasteiger charge is 2.49. The summed E-state index contributed by atoms with van der Waals surface area (Å²) in [6, 6.07) is 2.61. The Morgan fingerprint density at radius 1 is 1.26 bits per heavy atom. The van der Waals surface area contributed by atoms with Crippen LogP contribution in [0.3, 0.4) is 0 Å². The first-order valence-electron chi connectivity index (χ1n) is 6.62. The molecule has 3 atom stereocenters. The minimum Gasteiger partial charge on any atom is -0.480 e. The van der Waals surface area contributed by atoms with Gasteiger partial charge in [-0.05, 0) is 36.8 Å². The minimum absolute atomic E-state index is 0.128. The summed E-state index contributed by atoms with van der Waals surface area (Å²) in [5, 5.41) is 9.42. The van der Waals surface area contributed by atoms with Gasteiger partial charge in [0.1, 0.15) is 6.04 Å². The molecular weight excluding hydrogens is 244 g/mol. The SMILES string of the molecule is O=C(O)[C@@H]1[C@H]2CCC[C@@H]2CN1C(=O)c1ccncc1. The Labute approximate surface area is 111 Å². The third kappa shape index (κ3) is 1.99. The number of hydrogen-bond acceptors (Lipinski definition) is 3. The van der Waals surface area contributed by atoms with Gasteiger partial charge in [0.25, 0.3) is 5.91 Å². The Hall–Kier alpha value is -1.91. The number of aliphatic carboxylic acids is 1. The van der Waals surface area contributed by atoms with Gasteiger partial charge in [0.2, 0.25) is 0 Å². The molecule has 5 nitrogen and oxygen atoms in total. The lowest BCUT2D eigenvalue weighted by molar-refractivity contribution is -0.142. The molecular formula is C14H16N2O3. The van der Waals surface area contributed by atoms with Gasteiger partial charge in [0, 0.05) is 24.5 Å². The second-order valence-corrected chi connectivity index (χ2v) is 5.33. The molecule has 5 heteroatoms. The van der Waals surface area contributed by atoms with Crippen LogP contribution in [0.4, 0.5) is 0 Å². The maximum absolute atomic E-state index is 12.4. The van der Waals surface area contributed by atoms with Gasteiger partial charge in [0.05, 0.1) is 0 Å². The van der Waals surface area contributed by atoms with Gasteiger partial charge in [-0.1, -0.05) is 6.42 Å². The minimum atomic E-state index is -0.878. The van der Waals surface area contributed by atoms with Crippen molar-refractivity contribution in [3.8, 4) is 0 Å². The zero-order valence-electron chi connectivity index (χ0n) is 10.5. The summed E-state index contributed by atoms with van der Waals surface area (Å²) >= 11 is 0. The number of pyridine rings is 1. The number of carboxylic acid groups (broad SMARTS) is 1. The second-order valence-electron chi connectivity index (χ2n) is 5.33. The molecule has 0 aromatic carbocycles. The van der Waals surface area contributed by atoms with E-state index in [0.29, 0.717) is 18.0 Å². The highest BCUT2D eigenvalue weighted by Crippen LogP contribution is 2.42. The molecule has 2 aliphatic rings. The lowest BCUT2D eigenvalue weighted by Crippen LogP contribution is -2.43. The van der Waals surface area contributed by atoms with Crippen LogP contribution in [-0.2, 0) is 4.79 Å². The predicted molar refractivity (Wildman–Crippen MR) is 67.5 cm³/mol. The molecule has 0 spiro atoms. The molecule has 0 radical (unpaired) electrons. The molecule has 1 aromatic heterocycles. The van der Waals surface area contributed by atoms with E-state index in [-0.39, 0.29) is 11.8 Å². The van der Waals surface area contributed by atoms with Gasteiger partial charge in [-0.2, -0.15) is 0 Å². The van der Waals surface area contributed by atoms with Crippen LogP contribution in [0.25, 0.3) is 0 Å². The van der Waals surface area contributed by atoms with Gasteiger partial charge >= 0.3 is 5.97 Å². The summed E-state index contributed by atoms with van der Waals surface area (Å²) in [6.45, 7) is 0.572.